The molecule has 1 N–H and O–H groups in total. The number of allylic oxidation sites excluding steroid dienone is 1. The molecule has 0 spiro atoms. The first-order valence-corrected chi connectivity index (χ1v) is 6.11. The van der Waals surface area contributed by atoms with Gasteiger partial charge in [0.15, 0.2) is 0 Å². The fraction of sp³-hybridized carbons (Fsp3) is 0.417. The molecule has 0 radical (unpaired) electrons. The summed E-state index contributed by atoms with van der Waals surface area (Å²) in [5, 5.41) is 3.34. The highest BCUT2D eigenvalue weighted by Gasteiger charge is 2.17. The second-order valence-electron chi connectivity index (χ2n) is 4.02. The number of anilines is 1. The number of rotatable bonds is 3. The van der Waals surface area contributed by atoms with Gasteiger partial charge in [-0.15, -0.1) is 0 Å². The molecular weight excluding hydrogens is 252 g/mol. The molecule has 1 fully saturated rings. The maximum atomic E-state index is 4.11. The summed E-state index contributed by atoms with van der Waals surface area (Å²) in [5.41, 5.74) is 2.15. The van der Waals surface area contributed by atoms with Gasteiger partial charge < -0.3 is 5.32 Å². The Morgan fingerprint density at radius 3 is 2.80 bits per heavy atom. The Morgan fingerprint density at radius 1 is 1.40 bits per heavy atom. The van der Waals surface area contributed by atoms with Crippen LogP contribution >= 0.6 is 15.9 Å². The molecule has 0 aromatic carbocycles. The summed E-state index contributed by atoms with van der Waals surface area (Å²) >= 11 is 3.40. The van der Waals surface area contributed by atoms with Crippen molar-refractivity contribution in [3.8, 4) is 0 Å². The monoisotopic (exact) mass is 266 g/mol. The van der Waals surface area contributed by atoms with Crippen LogP contribution in [0.5, 0.6) is 0 Å². The van der Waals surface area contributed by atoms with Crippen LogP contribution in [0.1, 0.15) is 25.7 Å². The lowest BCUT2D eigenvalue weighted by Crippen LogP contribution is -2.07. The summed E-state index contributed by atoms with van der Waals surface area (Å²) in [6, 6.07) is 2.02. The van der Waals surface area contributed by atoms with Crippen LogP contribution in [0.3, 0.4) is 0 Å². The van der Waals surface area contributed by atoms with Gasteiger partial charge in [0.05, 0.1) is 11.9 Å². The third-order valence-electron chi connectivity index (χ3n) is 2.86. The molecule has 0 unspecified atom stereocenters. The van der Waals surface area contributed by atoms with E-state index in [0.29, 0.717) is 5.92 Å². The number of nitrogens with one attached hydrogen (secondary N) is 1. The SMILES string of the molecule is C=C(Nc1cncc(Br)c1)C1CCCC1. The summed E-state index contributed by atoms with van der Waals surface area (Å²) in [6.07, 6.45) is 8.82. The van der Waals surface area contributed by atoms with Crippen molar-refractivity contribution in [2.24, 2.45) is 5.92 Å². The van der Waals surface area contributed by atoms with Crippen LogP contribution in [0, 0.1) is 5.92 Å². The molecule has 0 amide bonds. The zero-order valence-corrected chi connectivity index (χ0v) is 10.3. The largest absolute Gasteiger partial charge is 0.358 e. The normalized spacial score (nSPS) is 16.6. The van der Waals surface area contributed by atoms with Crippen LogP contribution < -0.4 is 5.32 Å². The third kappa shape index (κ3) is 2.81. The van der Waals surface area contributed by atoms with Crippen molar-refractivity contribution in [2.75, 3.05) is 5.32 Å². The first kappa shape index (κ1) is 10.7. The van der Waals surface area contributed by atoms with E-state index in [2.05, 4.69) is 32.8 Å². The van der Waals surface area contributed by atoms with E-state index >= 15 is 0 Å². The van der Waals surface area contributed by atoms with Crippen molar-refractivity contribution in [3.05, 3.63) is 35.2 Å². The van der Waals surface area contributed by atoms with E-state index in [9.17, 15) is 0 Å². The molecule has 80 valence electrons. The molecule has 1 aromatic rings. The van der Waals surface area contributed by atoms with E-state index in [-0.39, 0.29) is 0 Å². The zero-order chi connectivity index (χ0) is 10.7. The van der Waals surface area contributed by atoms with Crippen LogP contribution in [-0.4, -0.2) is 4.98 Å². The average Bonchev–Trinajstić information content (AvgIpc) is 2.70. The molecule has 1 aromatic heterocycles. The number of hydrogen-bond acceptors (Lipinski definition) is 2. The van der Waals surface area contributed by atoms with Crippen LogP contribution in [0.4, 0.5) is 5.69 Å². The summed E-state index contributed by atoms with van der Waals surface area (Å²) in [7, 11) is 0. The molecular formula is C12H15BrN2. The van der Waals surface area contributed by atoms with E-state index in [1.165, 1.54) is 25.7 Å². The van der Waals surface area contributed by atoms with Crippen molar-refractivity contribution in [2.45, 2.75) is 25.7 Å². The Morgan fingerprint density at radius 2 is 2.13 bits per heavy atom. The van der Waals surface area contributed by atoms with Crippen LogP contribution in [0.2, 0.25) is 0 Å². The lowest BCUT2D eigenvalue weighted by Gasteiger charge is -2.15. The van der Waals surface area contributed by atoms with E-state index < -0.39 is 0 Å². The topological polar surface area (TPSA) is 24.9 Å². The number of pyridine rings is 1. The van der Waals surface area contributed by atoms with Crippen LogP contribution in [0.15, 0.2) is 35.2 Å². The lowest BCUT2D eigenvalue weighted by molar-refractivity contribution is 0.649. The summed E-state index contributed by atoms with van der Waals surface area (Å²) < 4.78 is 0.992. The number of aromatic nitrogens is 1. The van der Waals surface area contributed by atoms with Gasteiger partial charge in [0.2, 0.25) is 0 Å². The molecule has 1 heterocycles. The van der Waals surface area contributed by atoms with Crippen molar-refractivity contribution in [1.82, 2.24) is 4.98 Å². The van der Waals surface area contributed by atoms with E-state index in [1.54, 1.807) is 6.20 Å². The van der Waals surface area contributed by atoms with Crippen LogP contribution in [-0.2, 0) is 0 Å². The molecule has 0 aliphatic heterocycles. The third-order valence-corrected chi connectivity index (χ3v) is 3.29. The van der Waals surface area contributed by atoms with Gasteiger partial charge in [-0.25, -0.2) is 0 Å². The van der Waals surface area contributed by atoms with Gasteiger partial charge in [-0.2, -0.15) is 0 Å². The average molecular weight is 267 g/mol. The summed E-state index contributed by atoms with van der Waals surface area (Å²) in [6.45, 7) is 4.11. The predicted molar refractivity (Wildman–Crippen MR) is 66.7 cm³/mol. The Labute approximate surface area is 98.9 Å². The highest BCUT2D eigenvalue weighted by molar-refractivity contribution is 9.10. The van der Waals surface area contributed by atoms with Crippen molar-refractivity contribution < 1.29 is 0 Å². The maximum Gasteiger partial charge on any atom is 0.0579 e. The number of halogens is 1. The molecule has 15 heavy (non-hydrogen) atoms. The van der Waals surface area contributed by atoms with Gasteiger partial charge in [-0.1, -0.05) is 19.4 Å². The predicted octanol–water partition coefficient (Wildman–Crippen LogP) is 3.96. The minimum absolute atomic E-state index is 0.643. The fourth-order valence-corrected chi connectivity index (χ4v) is 2.41. The quantitative estimate of drug-likeness (QED) is 0.896. The Bertz CT molecular complexity index is 356. The molecule has 0 bridgehead atoms. The molecule has 3 heteroatoms. The van der Waals surface area contributed by atoms with E-state index in [1.807, 2.05) is 12.3 Å². The smallest absolute Gasteiger partial charge is 0.0579 e. The maximum absolute atomic E-state index is 4.11. The van der Waals surface area contributed by atoms with Crippen LogP contribution in [0.25, 0.3) is 0 Å². The molecule has 2 rings (SSSR count). The van der Waals surface area contributed by atoms with Gasteiger partial charge in [0.25, 0.3) is 0 Å². The fourth-order valence-electron chi connectivity index (χ4n) is 2.04. The molecule has 1 aliphatic carbocycles. The van der Waals surface area contributed by atoms with E-state index in [0.717, 1.165) is 15.9 Å². The van der Waals surface area contributed by atoms with Gasteiger partial charge in [0.1, 0.15) is 0 Å². The standard InChI is InChI=1S/C12H15BrN2/c1-9(10-4-2-3-5-10)15-12-6-11(13)7-14-8-12/h6-8,10,15H,1-5H2. The molecule has 1 aliphatic rings. The molecule has 0 atom stereocenters. The minimum Gasteiger partial charge on any atom is -0.358 e. The second-order valence-corrected chi connectivity index (χ2v) is 4.94. The van der Waals surface area contributed by atoms with Gasteiger partial charge in [-0.05, 0) is 40.8 Å². The summed E-state index contributed by atoms with van der Waals surface area (Å²) in [4.78, 5) is 4.11. The highest BCUT2D eigenvalue weighted by atomic mass is 79.9. The van der Waals surface area contributed by atoms with Gasteiger partial charge in [-0.3, -0.25) is 4.98 Å². The van der Waals surface area contributed by atoms with E-state index in [4.69, 9.17) is 0 Å². The van der Waals surface area contributed by atoms with Crippen molar-refractivity contribution >= 4 is 21.6 Å². The number of hydrogen-bond donors (Lipinski definition) is 1. The number of nitrogens with zero attached hydrogens (tertiary/aromatic N) is 1. The minimum atomic E-state index is 0.643. The summed E-state index contributed by atoms with van der Waals surface area (Å²) in [5.74, 6) is 0.643. The lowest BCUT2D eigenvalue weighted by atomic mass is 10.1. The van der Waals surface area contributed by atoms with Crippen molar-refractivity contribution in [1.29, 1.82) is 0 Å². The van der Waals surface area contributed by atoms with Gasteiger partial charge in [0, 0.05) is 16.4 Å². The molecule has 2 nitrogen and oxygen atoms in total. The highest BCUT2D eigenvalue weighted by Crippen LogP contribution is 2.30. The molecule has 1 saturated carbocycles. The molecule has 0 saturated heterocycles. The Hall–Kier alpha value is -0.830. The van der Waals surface area contributed by atoms with Gasteiger partial charge >= 0.3 is 0 Å². The first-order valence-electron chi connectivity index (χ1n) is 5.32. The Balaban J connectivity index is 1.99. The van der Waals surface area contributed by atoms with Crippen molar-refractivity contribution in [3.63, 3.8) is 0 Å². The Kier molecular flexibility index (Phi) is 3.41. The second kappa shape index (κ2) is 4.79. The zero-order valence-electron chi connectivity index (χ0n) is 8.67. The first-order chi connectivity index (χ1) is 7.25.